The lowest BCUT2D eigenvalue weighted by molar-refractivity contribution is -0.132. The fraction of sp³-hybridized carbons (Fsp3) is 0.0417. The number of ketones is 1. The van der Waals surface area contributed by atoms with Gasteiger partial charge in [-0.3, -0.25) is 14.5 Å². The minimum atomic E-state index is -0.891. The van der Waals surface area contributed by atoms with Crippen LogP contribution in [0.1, 0.15) is 17.2 Å². The number of hydrogen-bond donors (Lipinski definition) is 1. The number of benzene rings is 3. The standard InChI is InChI=1S/C24H14ClFN2O3S/c25-15-8-11-17-18(12-15)32-24(27-17)28-20(13-4-2-1-3-5-13)19(22(30)23(28)31)21(29)14-6-9-16(26)10-7-14/h1-12,20,29H/b21-19+. The van der Waals surface area contributed by atoms with Crippen LogP contribution in [0.5, 0.6) is 0 Å². The van der Waals surface area contributed by atoms with E-state index in [4.69, 9.17) is 11.6 Å². The summed E-state index contributed by atoms with van der Waals surface area (Å²) in [6, 6.07) is 18.3. The van der Waals surface area contributed by atoms with Gasteiger partial charge in [-0.15, -0.1) is 0 Å². The van der Waals surface area contributed by atoms with E-state index in [1.54, 1.807) is 42.5 Å². The maximum absolute atomic E-state index is 13.4. The second-order valence-electron chi connectivity index (χ2n) is 7.20. The summed E-state index contributed by atoms with van der Waals surface area (Å²) in [6.45, 7) is 0. The van der Waals surface area contributed by atoms with Gasteiger partial charge in [0, 0.05) is 10.6 Å². The van der Waals surface area contributed by atoms with Crippen LogP contribution in [-0.4, -0.2) is 21.8 Å². The molecule has 0 saturated carbocycles. The third-order valence-corrected chi connectivity index (χ3v) is 6.48. The van der Waals surface area contributed by atoms with Gasteiger partial charge in [0.05, 0.1) is 21.8 Å². The maximum Gasteiger partial charge on any atom is 0.301 e. The second-order valence-corrected chi connectivity index (χ2v) is 8.64. The smallest absolute Gasteiger partial charge is 0.301 e. The molecule has 3 aromatic carbocycles. The van der Waals surface area contributed by atoms with Gasteiger partial charge in [-0.1, -0.05) is 53.3 Å². The molecule has 1 saturated heterocycles. The predicted molar refractivity (Wildman–Crippen MR) is 122 cm³/mol. The molecule has 8 heteroatoms. The average molecular weight is 465 g/mol. The maximum atomic E-state index is 13.4. The molecule has 2 heterocycles. The number of anilines is 1. The zero-order valence-electron chi connectivity index (χ0n) is 16.3. The van der Waals surface area contributed by atoms with E-state index >= 15 is 0 Å². The number of aliphatic hydroxyl groups excluding tert-OH is 1. The van der Waals surface area contributed by atoms with Crippen LogP contribution in [0, 0.1) is 5.82 Å². The average Bonchev–Trinajstić information content (AvgIpc) is 3.32. The van der Waals surface area contributed by atoms with Crippen LogP contribution in [0.15, 0.2) is 78.4 Å². The molecule has 1 aromatic heterocycles. The van der Waals surface area contributed by atoms with E-state index in [2.05, 4.69) is 4.98 Å². The Hall–Kier alpha value is -3.55. The quantitative estimate of drug-likeness (QED) is 0.239. The summed E-state index contributed by atoms with van der Waals surface area (Å²) in [5.74, 6) is -2.48. The van der Waals surface area contributed by atoms with Crippen molar-refractivity contribution >= 4 is 55.7 Å². The van der Waals surface area contributed by atoms with Gasteiger partial charge in [0.25, 0.3) is 5.78 Å². The molecule has 1 atom stereocenters. The first kappa shape index (κ1) is 20.4. The first-order chi connectivity index (χ1) is 15.4. The summed E-state index contributed by atoms with van der Waals surface area (Å²) in [5, 5.41) is 11.8. The van der Waals surface area contributed by atoms with Gasteiger partial charge in [-0.05, 0) is 48.0 Å². The third kappa shape index (κ3) is 3.36. The Balaban J connectivity index is 1.72. The second kappa shape index (κ2) is 7.85. The highest BCUT2D eigenvalue weighted by Gasteiger charge is 2.48. The van der Waals surface area contributed by atoms with E-state index in [0.29, 0.717) is 21.2 Å². The van der Waals surface area contributed by atoms with Gasteiger partial charge < -0.3 is 5.11 Å². The van der Waals surface area contributed by atoms with E-state index in [1.165, 1.54) is 40.5 Å². The lowest BCUT2D eigenvalue weighted by atomic mass is 9.95. The molecule has 4 aromatic rings. The van der Waals surface area contributed by atoms with Gasteiger partial charge in [-0.2, -0.15) is 0 Å². The highest BCUT2D eigenvalue weighted by atomic mass is 35.5. The number of amides is 1. The molecule has 1 aliphatic rings. The van der Waals surface area contributed by atoms with E-state index < -0.39 is 23.5 Å². The zero-order chi connectivity index (χ0) is 22.4. The molecule has 0 radical (unpaired) electrons. The van der Waals surface area contributed by atoms with Gasteiger partial charge >= 0.3 is 5.91 Å². The summed E-state index contributed by atoms with van der Waals surface area (Å²) in [6.07, 6.45) is 0. The van der Waals surface area contributed by atoms with Gasteiger partial charge in [0.2, 0.25) is 0 Å². The van der Waals surface area contributed by atoms with Crippen LogP contribution in [0.2, 0.25) is 5.02 Å². The van der Waals surface area contributed by atoms with Gasteiger partial charge in [0.15, 0.2) is 5.13 Å². The van der Waals surface area contributed by atoms with Crippen LogP contribution >= 0.6 is 22.9 Å². The van der Waals surface area contributed by atoms with Crippen molar-refractivity contribution in [3.05, 3.63) is 100 Å². The Kier molecular flexibility index (Phi) is 5.00. The molecule has 158 valence electrons. The van der Waals surface area contributed by atoms with Crippen molar-refractivity contribution in [2.24, 2.45) is 0 Å². The number of nitrogens with zero attached hydrogens (tertiary/aromatic N) is 2. The Morgan fingerprint density at radius 2 is 1.75 bits per heavy atom. The summed E-state index contributed by atoms with van der Waals surface area (Å²) in [7, 11) is 0. The number of aromatic nitrogens is 1. The topological polar surface area (TPSA) is 70.5 Å². The Bertz CT molecular complexity index is 1400. The van der Waals surface area contributed by atoms with Crippen LogP contribution < -0.4 is 4.90 Å². The highest BCUT2D eigenvalue weighted by molar-refractivity contribution is 7.22. The van der Waals surface area contributed by atoms with Crippen molar-refractivity contribution in [2.45, 2.75) is 6.04 Å². The summed E-state index contributed by atoms with van der Waals surface area (Å²) >= 11 is 7.31. The molecule has 5 rings (SSSR count). The summed E-state index contributed by atoms with van der Waals surface area (Å²) < 4.78 is 14.1. The monoisotopic (exact) mass is 464 g/mol. The minimum absolute atomic E-state index is 0.0786. The lowest BCUT2D eigenvalue weighted by Crippen LogP contribution is -2.29. The van der Waals surface area contributed by atoms with Crippen LogP contribution in [0.3, 0.4) is 0 Å². The highest BCUT2D eigenvalue weighted by Crippen LogP contribution is 2.44. The summed E-state index contributed by atoms with van der Waals surface area (Å²) in [5.41, 5.74) is 1.43. The Labute approximate surface area is 191 Å². The number of thiazole rings is 1. The number of aliphatic hydroxyl groups is 1. The SMILES string of the molecule is O=C1C(=O)N(c2nc3ccc(Cl)cc3s2)C(c2ccccc2)/C1=C(\O)c1ccc(F)cc1. The zero-order valence-corrected chi connectivity index (χ0v) is 17.9. The third-order valence-electron chi connectivity index (χ3n) is 5.22. The lowest BCUT2D eigenvalue weighted by Gasteiger charge is -2.22. The van der Waals surface area contributed by atoms with Crippen LogP contribution in [0.25, 0.3) is 16.0 Å². The van der Waals surface area contributed by atoms with E-state index in [-0.39, 0.29) is 16.9 Å². The van der Waals surface area contributed by atoms with E-state index in [9.17, 15) is 19.1 Å². The number of Topliss-reactive ketones (excluding diaryl/α,β-unsaturated/α-hetero) is 1. The van der Waals surface area contributed by atoms with Crippen molar-refractivity contribution in [3.8, 4) is 0 Å². The van der Waals surface area contributed by atoms with Gasteiger partial charge in [0.1, 0.15) is 11.6 Å². The molecule has 0 bridgehead atoms. The number of hydrogen-bond acceptors (Lipinski definition) is 5. The normalized spacial score (nSPS) is 17.9. The molecule has 1 aliphatic heterocycles. The fourth-order valence-corrected chi connectivity index (χ4v) is 5.00. The van der Waals surface area contributed by atoms with Crippen molar-refractivity contribution < 1.29 is 19.1 Å². The fourth-order valence-electron chi connectivity index (χ4n) is 3.73. The first-order valence-electron chi connectivity index (χ1n) is 9.62. The molecule has 5 nitrogen and oxygen atoms in total. The first-order valence-corrected chi connectivity index (χ1v) is 10.8. The molecule has 1 fully saturated rings. The molecule has 0 aliphatic carbocycles. The minimum Gasteiger partial charge on any atom is -0.507 e. The van der Waals surface area contributed by atoms with Crippen molar-refractivity contribution in [1.82, 2.24) is 4.98 Å². The van der Waals surface area contributed by atoms with Crippen LogP contribution in [0.4, 0.5) is 9.52 Å². The summed E-state index contributed by atoms with van der Waals surface area (Å²) in [4.78, 5) is 32.1. The molecule has 1 amide bonds. The number of halogens is 2. The number of carbonyl (C=O) groups is 2. The molecule has 1 N–H and O–H groups in total. The molecular weight excluding hydrogens is 451 g/mol. The molecular formula is C24H14ClFN2O3S. The number of rotatable bonds is 3. The number of carbonyl (C=O) groups excluding carboxylic acids is 2. The molecule has 1 unspecified atom stereocenters. The van der Waals surface area contributed by atoms with Gasteiger partial charge in [-0.25, -0.2) is 9.37 Å². The van der Waals surface area contributed by atoms with E-state index in [0.717, 1.165) is 4.70 Å². The largest absolute Gasteiger partial charge is 0.507 e. The van der Waals surface area contributed by atoms with Crippen molar-refractivity contribution in [2.75, 3.05) is 4.90 Å². The Morgan fingerprint density at radius 1 is 1.03 bits per heavy atom. The Morgan fingerprint density at radius 3 is 2.47 bits per heavy atom. The predicted octanol–water partition coefficient (Wildman–Crippen LogP) is 5.72. The van der Waals surface area contributed by atoms with Crippen LogP contribution in [-0.2, 0) is 9.59 Å². The molecule has 32 heavy (non-hydrogen) atoms. The number of fused-ring (bicyclic) bond motifs is 1. The van der Waals surface area contributed by atoms with E-state index in [1.807, 2.05) is 6.07 Å². The molecule has 0 spiro atoms. The van der Waals surface area contributed by atoms with Crippen molar-refractivity contribution in [1.29, 1.82) is 0 Å². The van der Waals surface area contributed by atoms with Crippen molar-refractivity contribution in [3.63, 3.8) is 0 Å².